The molecule has 0 aromatic rings. The van der Waals surface area contributed by atoms with Gasteiger partial charge < -0.3 is 15.7 Å². The van der Waals surface area contributed by atoms with E-state index in [2.05, 4.69) is 0 Å². The van der Waals surface area contributed by atoms with Gasteiger partial charge >= 0.3 is 5.97 Å². The number of hydrogen-bond acceptors (Lipinski definition) is 3. The van der Waals surface area contributed by atoms with Gasteiger partial charge in [-0.2, -0.15) is 0 Å². The molecular formula is C12H22N2O3. The first kappa shape index (κ1) is 14.0. The quantitative estimate of drug-likeness (QED) is 0.746. The van der Waals surface area contributed by atoms with E-state index in [9.17, 15) is 9.59 Å². The van der Waals surface area contributed by atoms with Crippen LogP contribution in [0, 0.1) is 10.8 Å². The molecule has 0 saturated carbocycles. The monoisotopic (exact) mass is 242 g/mol. The van der Waals surface area contributed by atoms with Crippen LogP contribution in [-0.2, 0) is 9.59 Å². The molecule has 1 saturated heterocycles. The van der Waals surface area contributed by atoms with Crippen LogP contribution >= 0.6 is 0 Å². The summed E-state index contributed by atoms with van der Waals surface area (Å²) in [6.45, 7) is 8.12. The second kappa shape index (κ2) is 4.29. The number of carbonyl (C=O) groups is 2. The molecule has 5 nitrogen and oxygen atoms in total. The number of likely N-dealkylation sites (tertiary alicyclic amines) is 1. The van der Waals surface area contributed by atoms with Crippen LogP contribution in [0.5, 0.6) is 0 Å². The van der Waals surface area contributed by atoms with Gasteiger partial charge in [-0.15, -0.1) is 0 Å². The van der Waals surface area contributed by atoms with E-state index in [1.807, 2.05) is 20.8 Å². The highest BCUT2D eigenvalue weighted by Crippen LogP contribution is 2.31. The molecule has 3 N–H and O–H groups in total. The Balaban J connectivity index is 2.73. The molecule has 98 valence electrons. The number of nitrogens with two attached hydrogens (primary N) is 1. The summed E-state index contributed by atoms with van der Waals surface area (Å²) in [6.07, 6.45) is 0.491. The van der Waals surface area contributed by atoms with Gasteiger partial charge in [-0.1, -0.05) is 20.8 Å². The number of carbonyl (C=O) groups excluding carboxylic acids is 1. The van der Waals surface area contributed by atoms with E-state index in [4.69, 9.17) is 10.8 Å². The second-order valence-electron chi connectivity index (χ2n) is 6.22. The van der Waals surface area contributed by atoms with E-state index in [0.29, 0.717) is 13.0 Å². The molecule has 1 fully saturated rings. The molecule has 1 aliphatic rings. The van der Waals surface area contributed by atoms with Gasteiger partial charge in [0.2, 0.25) is 5.91 Å². The van der Waals surface area contributed by atoms with Crippen LogP contribution in [-0.4, -0.2) is 41.0 Å². The Morgan fingerprint density at radius 1 is 1.41 bits per heavy atom. The Bertz CT molecular complexity index is 335. The predicted octanol–water partition coefficient (Wildman–Crippen LogP) is 0.683. The van der Waals surface area contributed by atoms with Crippen molar-refractivity contribution in [2.45, 2.75) is 40.2 Å². The molecule has 1 unspecified atom stereocenters. The summed E-state index contributed by atoms with van der Waals surface area (Å²) >= 11 is 0. The molecule has 0 bridgehead atoms. The number of carboxylic acids is 1. The number of aliphatic carboxylic acids is 1. The minimum atomic E-state index is -0.850. The lowest BCUT2D eigenvalue weighted by Crippen LogP contribution is -2.50. The molecule has 17 heavy (non-hydrogen) atoms. The zero-order chi connectivity index (χ0) is 13.4. The molecule has 5 heteroatoms. The zero-order valence-electron chi connectivity index (χ0n) is 11.0. The number of carboxylic acid groups (broad SMARTS) is 1. The Kier molecular flexibility index (Phi) is 3.52. The third-order valence-corrected chi connectivity index (χ3v) is 3.50. The zero-order valence-corrected chi connectivity index (χ0v) is 11.0. The Hall–Kier alpha value is -1.10. The summed E-state index contributed by atoms with van der Waals surface area (Å²) in [7, 11) is 0. The Morgan fingerprint density at radius 3 is 2.29 bits per heavy atom. The number of nitrogens with zero attached hydrogens (tertiary/aromatic N) is 1. The van der Waals surface area contributed by atoms with Gasteiger partial charge in [-0.3, -0.25) is 9.59 Å². The third-order valence-electron chi connectivity index (χ3n) is 3.50. The SMILES string of the molecule is CC1(C(=O)O)CCN(C(=O)[C@H](N)C(C)(C)C)C1. The van der Waals surface area contributed by atoms with Crippen LogP contribution < -0.4 is 5.73 Å². The maximum atomic E-state index is 12.1. The summed E-state index contributed by atoms with van der Waals surface area (Å²) in [6, 6.07) is -0.585. The van der Waals surface area contributed by atoms with Gasteiger partial charge in [0.1, 0.15) is 0 Å². The van der Waals surface area contributed by atoms with Gasteiger partial charge in [-0.25, -0.2) is 0 Å². The van der Waals surface area contributed by atoms with E-state index >= 15 is 0 Å². The molecular weight excluding hydrogens is 220 g/mol. The number of hydrogen-bond donors (Lipinski definition) is 2. The summed E-state index contributed by atoms with van der Waals surface area (Å²) in [5.41, 5.74) is 4.77. The van der Waals surface area contributed by atoms with Gasteiger partial charge in [-0.05, 0) is 18.8 Å². The molecule has 1 aliphatic heterocycles. The van der Waals surface area contributed by atoms with Crippen molar-refractivity contribution in [1.29, 1.82) is 0 Å². The fourth-order valence-electron chi connectivity index (χ4n) is 1.89. The number of amides is 1. The Morgan fingerprint density at radius 2 is 1.94 bits per heavy atom. The fourth-order valence-corrected chi connectivity index (χ4v) is 1.89. The van der Waals surface area contributed by atoms with E-state index < -0.39 is 17.4 Å². The van der Waals surface area contributed by atoms with Crippen LogP contribution in [0.1, 0.15) is 34.1 Å². The van der Waals surface area contributed by atoms with Crippen LogP contribution in [0.3, 0.4) is 0 Å². The van der Waals surface area contributed by atoms with Crippen LogP contribution in [0.15, 0.2) is 0 Å². The van der Waals surface area contributed by atoms with E-state index in [0.717, 1.165) is 0 Å². The van der Waals surface area contributed by atoms with Gasteiger partial charge in [0, 0.05) is 13.1 Å². The molecule has 1 heterocycles. The molecule has 1 amide bonds. The van der Waals surface area contributed by atoms with Crippen LogP contribution in [0.4, 0.5) is 0 Å². The van der Waals surface area contributed by atoms with Crippen molar-refractivity contribution in [3.8, 4) is 0 Å². The van der Waals surface area contributed by atoms with E-state index in [-0.39, 0.29) is 17.9 Å². The van der Waals surface area contributed by atoms with Gasteiger partial charge in [0.05, 0.1) is 11.5 Å². The molecule has 1 rings (SSSR count). The summed E-state index contributed by atoms with van der Waals surface area (Å²) < 4.78 is 0. The lowest BCUT2D eigenvalue weighted by Gasteiger charge is -2.30. The smallest absolute Gasteiger partial charge is 0.311 e. The largest absolute Gasteiger partial charge is 0.481 e. The third kappa shape index (κ3) is 2.77. The summed E-state index contributed by atoms with van der Waals surface area (Å²) in [5, 5.41) is 9.10. The lowest BCUT2D eigenvalue weighted by atomic mass is 9.86. The highest BCUT2D eigenvalue weighted by Gasteiger charge is 2.44. The standard InChI is InChI=1S/C12H22N2O3/c1-11(2,3)8(13)9(15)14-6-5-12(4,7-14)10(16)17/h8H,5-7,13H2,1-4H3,(H,16,17)/t8-,12?/m0/s1. The first-order valence-corrected chi connectivity index (χ1v) is 5.86. The van der Waals surface area contributed by atoms with Crippen molar-refractivity contribution < 1.29 is 14.7 Å². The van der Waals surface area contributed by atoms with Gasteiger partial charge in [0.15, 0.2) is 0 Å². The lowest BCUT2D eigenvalue weighted by molar-refractivity contribution is -0.147. The van der Waals surface area contributed by atoms with Crippen molar-refractivity contribution in [3.05, 3.63) is 0 Å². The average molecular weight is 242 g/mol. The first-order valence-electron chi connectivity index (χ1n) is 5.86. The molecule has 0 aromatic carbocycles. The van der Waals surface area contributed by atoms with E-state index in [1.54, 1.807) is 11.8 Å². The summed E-state index contributed by atoms with van der Waals surface area (Å²) in [5.74, 6) is -1.00. The van der Waals surface area contributed by atoms with Crippen molar-refractivity contribution in [1.82, 2.24) is 4.90 Å². The first-order chi connectivity index (χ1) is 7.58. The number of rotatable bonds is 2. The van der Waals surface area contributed by atoms with Crippen molar-refractivity contribution in [2.24, 2.45) is 16.6 Å². The fraction of sp³-hybridized carbons (Fsp3) is 0.833. The maximum Gasteiger partial charge on any atom is 0.311 e. The summed E-state index contributed by atoms with van der Waals surface area (Å²) in [4.78, 5) is 24.8. The van der Waals surface area contributed by atoms with Gasteiger partial charge in [0.25, 0.3) is 0 Å². The van der Waals surface area contributed by atoms with Crippen LogP contribution in [0.25, 0.3) is 0 Å². The highest BCUT2D eigenvalue weighted by atomic mass is 16.4. The topological polar surface area (TPSA) is 83.6 Å². The van der Waals surface area contributed by atoms with E-state index in [1.165, 1.54) is 0 Å². The minimum absolute atomic E-state index is 0.150. The van der Waals surface area contributed by atoms with Crippen LogP contribution in [0.2, 0.25) is 0 Å². The average Bonchev–Trinajstić information content (AvgIpc) is 2.59. The van der Waals surface area contributed by atoms with Crippen molar-refractivity contribution in [2.75, 3.05) is 13.1 Å². The Labute approximate surface area is 102 Å². The molecule has 0 spiro atoms. The second-order valence-corrected chi connectivity index (χ2v) is 6.22. The molecule has 0 aromatic heterocycles. The maximum absolute atomic E-state index is 12.1. The van der Waals surface area contributed by atoms with Crippen molar-refractivity contribution in [3.63, 3.8) is 0 Å². The molecule has 0 aliphatic carbocycles. The molecule has 2 atom stereocenters. The molecule has 0 radical (unpaired) electrons. The normalized spacial score (nSPS) is 27.0. The highest BCUT2D eigenvalue weighted by molar-refractivity contribution is 5.84. The minimum Gasteiger partial charge on any atom is -0.481 e. The predicted molar refractivity (Wildman–Crippen MR) is 64.4 cm³/mol. The van der Waals surface area contributed by atoms with Crippen molar-refractivity contribution >= 4 is 11.9 Å².